The predicted molar refractivity (Wildman–Crippen MR) is 288 cm³/mol. The predicted octanol–water partition coefficient (Wildman–Crippen LogP) is 5.54. The number of carbonyl (C=O) groups excluding carboxylic acids is 5. The standard InChI is InChI=1S/C52H70ClN11O11S/c1-32-34-10-6-11-35(43(34)49(69)64(62-32)37-14-15-42(67)60-47(37)68)55-20-8-24-71-26-28-73-29-27-72-25-9-21-56-40(65)16-17-41(66)58-36-12-7-13-38(44(36)53)76-48-46(54)59-39(30-57-48)63-22-18-52(19-23-63)31-74-33(2)45(52)61-50(70)75-51(3,4)5/h6-7,10-13,30,33,37,45,55H,8-9,14-29,31H2,1-5H3,(H2,54,59)(H,56,65)(H,58,66)(H,61,70)(H,60,67,68)/t33-,37?,45+/m1/s1. The number of hydrogen-bond acceptors (Lipinski definition) is 18. The Bertz CT molecular complexity index is 2770. The van der Waals surface area contributed by atoms with Crippen molar-refractivity contribution in [3.05, 3.63) is 63.7 Å². The van der Waals surface area contributed by atoms with Gasteiger partial charge < -0.3 is 55.6 Å². The van der Waals surface area contributed by atoms with Gasteiger partial charge in [0, 0.05) is 80.0 Å². The molecule has 3 aliphatic heterocycles. The summed E-state index contributed by atoms with van der Waals surface area (Å²) in [6, 6.07) is 9.68. The molecule has 0 radical (unpaired) electrons. The van der Waals surface area contributed by atoms with E-state index in [0.29, 0.717) is 134 Å². The number of nitrogen functional groups attached to an aromatic ring is 1. The lowest BCUT2D eigenvalue weighted by Crippen LogP contribution is -2.55. The van der Waals surface area contributed by atoms with Crippen molar-refractivity contribution in [2.24, 2.45) is 5.41 Å². The Labute approximate surface area is 450 Å². The summed E-state index contributed by atoms with van der Waals surface area (Å²) in [4.78, 5) is 87.7. The fraction of sp³-hybridized carbons (Fsp3) is 0.558. The molecule has 1 unspecified atom stereocenters. The number of amides is 5. The van der Waals surface area contributed by atoms with Gasteiger partial charge in [-0.2, -0.15) is 5.10 Å². The van der Waals surface area contributed by atoms with Crippen LogP contribution in [0.1, 0.15) is 90.8 Å². The molecule has 3 atom stereocenters. The number of aromatic nitrogens is 4. The number of alkyl carbamates (subject to hydrolysis) is 1. The van der Waals surface area contributed by atoms with Gasteiger partial charge in [-0.3, -0.25) is 29.3 Å². The van der Waals surface area contributed by atoms with E-state index in [2.05, 4.69) is 46.6 Å². The monoisotopic (exact) mass is 1090 g/mol. The molecule has 5 amide bonds. The van der Waals surface area contributed by atoms with E-state index in [0.717, 1.165) is 12.8 Å². The van der Waals surface area contributed by atoms with Crippen molar-refractivity contribution >= 4 is 86.9 Å². The van der Waals surface area contributed by atoms with Crippen LogP contribution < -0.4 is 42.8 Å². The molecule has 76 heavy (non-hydrogen) atoms. The van der Waals surface area contributed by atoms with Crippen LogP contribution in [0.2, 0.25) is 5.02 Å². The van der Waals surface area contributed by atoms with Crippen LogP contribution in [0.25, 0.3) is 10.8 Å². The van der Waals surface area contributed by atoms with Gasteiger partial charge in [0.2, 0.25) is 17.7 Å². The minimum atomic E-state index is -0.848. The molecule has 22 nitrogen and oxygen atoms in total. The van der Waals surface area contributed by atoms with Crippen molar-refractivity contribution in [2.45, 2.75) is 120 Å². The zero-order valence-corrected chi connectivity index (χ0v) is 45.4. The van der Waals surface area contributed by atoms with Crippen molar-refractivity contribution in [3.63, 3.8) is 0 Å². The summed E-state index contributed by atoms with van der Waals surface area (Å²) in [6.45, 7) is 14.6. The van der Waals surface area contributed by atoms with Gasteiger partial charge in [-0.1, -0.05) is 41.6 Å². The summed E-state index contributed by atoms with van der Waals surface area (Å²) in [5.74, 6) is -0.630. The molecule has 7 N–H and O–H groups in total. The zero-order valence-electron chi connectivity index (χ0n) is 43.8. The van der Waals surface area contributed by atoms with Gasteiger partial charge >= 0.3 is 6.09 Å². The molecule has 0 aliphatic carbocycles. The maximum Gasteiger partial charge on any atom is 0.407 e. The quantitative estimate of drug-likeness (QED) is 0.0371. The van der Waals surface area contributed by atoms with Gasteiger partial charge in [-0.25, -0.2) is 19.4 Å². The highest BCUT2D eigenvalue weighted by atomic mass is 35.5. The minimum absolute atomic E-state index is 0.00357. The van der Waals surface area contributed by atoms with Gasteiger partial charge in [-0.05, 0) is 84.9 Å². The maximum absolute atomic E-state index is 13.5. The number of rotatable bonds is 24. The highest BCUT2D eigenvalue weighted by Gasteiger charge is 2.50. The molecular weight excluding hydrogens is 1020 g/mol. The number of ether oxygens (including phenoxy) is 5. The largest absolute Gasteiger partial charge is 0.444 e. The first-order valence-electron chi connectivity index (χ1n) is 25.8. The van der Waals surface area contributed by atoms with Gasteiger partial charge in [-0.15, -0.1) is 0 Å². The Morgan fingerprint density at radius 1 is 0.934 bits per heavy atom. The third kappa shape index (κ3) is 15.5. The summed E-state index contributed by atoms with van der Waals surface area (Å²) in [7, 11) is 0. The SMILES string of the molecule is Cc1nn(C2CCC(=O)NC2=O)c(=O)c2c(NCCCOCCOCCOCCCNC(=O)CCC(=O)Nc3cccc(Sc4ncc(N5CCC6(CC5)CO[C@H](C)[C@@H]6NC(=O)OC(C)(C)C)nc4N)c3Cl)cccc12. The number of anilines is 4. The lowest BCUT2D eigenvalue weighted by Gasteiger charge is -2.43. The molecule has 2 aromatic carbocycles. The molecule has 5 heterocycles. The zero-order chi connectivity index (χ0) is 54.4. The number of imide groups is 1. The number of hydrogen-bond donors (Lipinski definition) is 6. The number of halogens is 1. The number of benzene rings is 2. The topological polar surface area (TPSA) is 282 Å². The third-order valence-electron chi connectivity index (χ3n) is 13.2. The van der Waals surface area contributed by atoms with E-state index >= 15 is 0 Å². The molecule has 24 heteroatoms. The highest BCUT2D eigenvalue weighted by Crippen LogP contribution is 2.44. The molecule has 1 spiro atoms. The molecule has 0 bridgehead atoms. The number of fused-ring (bicyclic) bond motifs is 1. The Morgan fingerprint density at radius 2 is 1.61 bits per heavy atom. The fourth-order valence-electron chi connectivity index (χ4n) is 9.33. The van der Waals surface area contributed by atoms with Crippen LogP contribution >= 0.6 is 23.4 Å². The maximum atomic E-state index is 13.5. The van der Waals surface area contributed by atoms with Crippen LogP contribution in [0, 0.1) is 12.3 Å². The molecular formula is C52H70ClN11O11S. The normalized spacial score (nSPS) is 18.4. The lowest BCUT2D eigenvalue weighted by molar-refractivity contribution is -0.136. The van der Waals surface area contributed by atoms with Gasteiger partial charge in [0.25, 0.3) is 11.5 Å². The van der Waals surface area contributed by atoms with E-state index < -0.39 is 29.2 Å². The second-order valence-corrected chi connectivity index (χ2v) is 21.4. The Balaban J connectivity index is 0.717. The van der Waals surface area contributed by atoms with Crippen LogP contribution in [0.15, 0.2) is 57.3 Å². The van der Waals surface area contributed by atoms with Gasteiger partial charge in [0.15, 0.2) is 5.82 Å². The molecule has 2 aromatic heterocycles. The second-order valence-electron chi connectivity index (χ2n) is 20.0. The van der Waals surface area contributed by atoms with Crippen LogP contribution in [-0.4, -0.2) is 140 Å². The molecule has 3 saturated heterocycles. The molecule has 412 valence electrons. The first-order chi connectivity index (χ1) is 36.4. The number of piperidine rings is 2. The van der Waals surface area contributed by atoms with E-state index in [-0.39, 0.29) is 66.8 Å². The number of nitrogens with two attached hydrogens (primary N) is 1. The highest BCUT2D eigenvalue weighted by molar-refractivity contribution is 7.99. The minimum Gasteiger partial charge on any atom is -0.444 e. The van der Waals surface area contributed by atoms with E-state index in [4.69, 9.17) is 41.0 Å². The third-order valence-corrected chi connectivity index (χ3v) is 14.8. The average molecular weight is 1090 g/mol. The molecule has 3 aliphatic rings. The summed E-state index contributed by atoms with van der Waals surface area (Å²) in [5.41, 5.74) is 6.84. The van der Waals surface area contributed by atoms with Crippen molar-refractivity contribution in [1.29, 1.82) is 0 Å². The van der Waals surface area contributed by atoms with Crippen molar-refractivity contribution < 1.29 is 47.7 Å². The van der Waals surface area contributed by atoms with Crippen molar-refractivity contribution in [2.75, 3.05) is 93.7 Å². The van der Waals surface area contributed by atoms with Gasteiger partial charge in [0.1, 0.15) is 22.5 Å². The summed E-state index contributed by atoms with van der Waals surface area (Å²) in [5, 5.41) is 20.6. The van der Waals surface area contributed by atoms with Crippen molar-refractivity contribution in [3.8, 4) is 0 Å². The Morgan fingerprint density at radius 3 is 2.30 bits per heavy atom. The second kappa shape index (κ2) is 26.8. The summed E-state index contributed by atoms with van der Waals surface area (Å²) >= 11 is 7.97. The van der Waals surface area contributed by atoms with Crippen LogP contribution in [-0.2, 0) is 42.9 Å². The van der Waals surface area contributed by atoms with Crippen LogP contribution in [0.4, 0.5) is 27.8 Å². The number of nitrogens with zero attached hydrogens (tertiary/aromatic N) is 5. The van der Waals surface area contributed by atoms with Gasteiger partial charge in [0.05, 0.1) is 73.2 Å². The molecule has 7 rings (SSSR count). The Hall–Kier alpha value is -6.11. The van der Waals surface area contributed by atoms with E-state index in [1.165, 1.54) is 16.4 Å². The average Bonchev–Trinajstić information content (AvgIpc) is 3.69. The fourth-order valence-corrected chi connectivity index (χ4v) is 10.4. The molecule has 4 aromatic rings. The number of carbonyl (C=O) groups is 5. The van der Waals surface area contributed by atoms with E-state index in [1.54, 1.807) is 31.3 Å². The first-order valence-corrected chi connectivity index (χ1v) is 27.0. The molecule has 0 saturated carbocycles. The number of nitrogens with one attached hydrogen (secondary N) is 5. The number of aryl methyl sites for hydroxylation is 1. The first kappa shape index (κ1) is 57.6. The smallest absolute Gasteiger partial charge is 0.407 e. The summed E-state index contributed by atoms with van der Waals surface area (Å²) in [6.07, 6.45) is 4.20. The van der Waals surface area contributed by atoms with Crippen molar-refractivity contribution in [1.82, 2.24) is 35.7 Å². The Kier molecular flexibility index (Phi) is 20.3. The van der Waals surface area contributed by atoms with Crippen LogP contribution in [0.5, 0.6) is 0 Å². The van der Waals surface area contributed by atoms with E-state index in [1.807, 2.05) is 45.9 Å². The van der Waals surface area contributed by atoms with Crippen LogP contribution in [0.3, 0.4) is 0 Å². The lowest BCUT2D eigenvalue weighted by atomic mass is 9.73. The van der Waals surface area contributed by atoms with E-state index in [9.17, 15) is 28.8 Å². The summed E-state index contributed by atoms with van der Waals surface area (Å²) < 4.78 is 29.7. The molecule has 3 fully saturated rings.